The van der Waals surface area contributed by atoms with Crippen LogP contribution in [0, 0.1) is 12.7 Å². The molecule has 0 aliphatic rings. The van der Waals surface area contributed by atoms with Crippen LogP contribution in [0.1, 0.15) is 21.5 Å². The van der Waals surface area contributed by atoms with Gasteiger partial charge in [-0.3, -0.25) is 4.79 Å². The fourth-order valence-electron chi connectivity index (χ4n) is 1.97. The Labute approximate surface area is 117 Å². The Balaban J connectivity index is 2.41. The fraction of sp³-hybridized carbons (Fsp3) is 0.188. The molecule has 0 aliphatic heterocycles. The van der Waals surface area contributed by atoms with Gasteiger partial charge in [-0.15, -0.1) is 0 Å². The molecule has 0 saturated carbocycles. The van der Waals surface area contributed by atoms with E-state index in [1.165, 1.54) is 25.3 Å². The van der Waals surface area contributed by atoms with Gasteiger partial charge in [-0.2, -0.15) is 0 Å². The van der Waals surface area contributed by atoms with Gasteiger partial charge < -0.3 is 9.47 Å². The van der Waals surface area contributed by atoms with Crippen molar-refractivity contribution in [2.24, 2.45) is 0 Å². The molecule has 0 radical (unpaired) electrons. The Kier molecular flexibility index (Phi) is 4.03. The third kappa shape index (κ3) is 2.64. The number of halogens is 1. The van der Waals surface area contributed by atoms with Crippen molar-refractivity contribution in [3.05, 3.63) is 58.9 Å². The van der Waals surface area contributed by atoms with Crippen molar-refractivity contribution in [2.45, 2.75) is 6.92 Å². The van der Waals surface area contributed by atoms with Gasteiger partial charge in [0.25, 0.3) is 0 Å². The van der Waals surface area contributed by atoms with Crippen molar-refractivity contribution in [3.8, 4) is 11.5 Å². The summed E-state index contributed by atoms with van der Waals surface area (Å²) in [5, 5.41) is 0. The lowest BCUT2D eigenvalue weighted by atomic mass is 9.98. The standard InChI is InChI=1S/C16H15FO3/c1-10-8-12(19-2)5-6-13(10)16(18)11-4-7-14(17)15(9-11)20-3/h4-9H,1-3H3. The molecule has 0 fully saturated rings. The Bertz CT molecular complexity index is 650. The minimum atomic E-state index is -0.490. The highest BCUT2D eigenvalue weighted by Crippen LogP contribution is 2.23. The average Bonchev–Trinajstić information content (AvgIpc) is 2.47. The predicted molar refractivity (Wildman–Crippen MR) is 74.1 cm³/mol. The smallest absolute Gasteiger partial charge is 0.193 e. The summed E-state index contributed by atoms with van der Waals surface area (Å²) < 4.78 is 23.4. The van der Waals surface area contributed by atoms with E-state index in [2.05, 4.69) is 0 Å². The fourth-order valence-corrected chi connectivity index (χ4v) is 1.97. The molecule has 0 amide bonds. The zero-order valence-corrected chi connectivity index (χ0v) is 11.6. The molecule has 2 aromatic carbocycles. The topological polar surface area (TPSA) is 35.5 Å². The third-order valence-corrected chi connectivity index (χ3v) is 3.09. The van der Waals surface area contributed by atoms with Crippen molar-refractivity contribution in [3.63, 3.8) is 0 Å². The van der Waals surface area contributed by atoms with Crippen LogP contribution in [-0.2, 0) is 0 Å². The summed E-state index contributed by atoms with van der Waals surface area (Å²) in [5.74, 6) is 0.0803. The molecule has 2 aromatic rings. The second-order valence-corrected chi connectivity index (χ2v) is 4.36. The molecule has 4 heteroatoms. The van der Waals surface area contributed by atoms with E-state index in [1.54, 1.807) is 25.3 Å². The lowest BCUT2D eigenvalue weighted by Gasteiger charge is -2.09. The van der Waals surface area contributed by atoms with Gasteiger partial charge in [0, 0.05) is 11.1 Å². The number of methoxy groups -OCH3 is 2. The van der Waals surface area contributed by atoms with E-state index in [0.717, 1.165) is 5.56 Å². The molecule has 2 rings (SSSR count). The minimum absolute atomic E-state index is 0.0574. The second kappa shape index (κ2) is 5.74. The summed E-state index contributed by atoms with van der Waals surface area (Å²) in [4.78, 5) is 12.4. The van der Waals surface area contributed by atoms with E-state index in [-0.39, 0.29) is 11.5 Å². The number of ether oxygens (including phenoxy) is 2. The van der Waals surface area contributed by atoms with Crippen LogP contribution in [0.25, 0.3) is 0 Å². The number of carbonyl (C=O) groups is 1. The number of aryl methyl sites for hydroxylation is 1. The molecular weight excluding hydrogens is 259 g/mol. The van der Waals surface area contributed by atoms with Crippen LogP contribution in [0.3, 0.4) is 0 Å². The quantitative estimate of drug-likeness (QED) is 0.802. The number of hydrogen-bond donors (Lipinski definition) is 0. The van der Waals surface area contributed by atoms with Gasteiger partial charge in [-0.25, -0.2) is 4.39 Å². The van der Waals surface area contributed by atoms with Crippen molar-refractivity contribution < 1.29 is 18.7 Å². The monoisotopic (exact) mass is 274 g/mol. The van der Waals surface area contributed by atoms with Crippen molar-refractivity contribution >= 4 is 5.78 Å². The van der Waals surface area contributed by atoms with Crippen LogP contribution in [0.5, 0.6) is 11.5 Å². The molecule has 0 N–H and O–H groups in total. The number of rotatable bonds is 4. The summed E-state index contributed by atoms with van der Waals surface area (Å²) in [6, 6.07) is 9.29. The van der Waals surface area contributed by atoms with E-state index < -0.39 is 5.82 Å². The molecule has 0 spiro atoms. The van der Waals surface area contributed by atoms with Crippen molar-refractivity contribution in [2.75, 3.05) is 14.2 Å². The van der Waals surface area contributed by atoms with Gasteiger partial charge in [0.1, 0.15) is 5.75 Å². The molecule has 104 valence electrons. The van der Waals surface area contributed by atoms with Crippen LogP contribution in [0.15, 0.2) is 36.4 Å². The molecule has 0 bridgehead atoms. The first-order valence-electron chi connectivity index (χ1n) is 6.09. The Hall–Kier alpha value is -2.36. The van der Waals surface area contributed by atoms with Crippen molar-refractivity contribution in [1.82, 2.24) is 0 Å². The van der Waals surface area contributed by atoms with Gasteiger partial charge in [-0.1, -0.05) is 0 Å². The number of carbonyl (C=O) groups excluding carboxylic acids is 1. The Morgan fingerprint density at radius 2 is 1.80 bits per heavy atom. The summed E-state index contributed by atoms with van der Waals surface area (Å²) in [7, 11) is 2.94. The van der Waals surface area contributed by atoms with E-state index in [0.29, 0.717) is 16.9 Å². The Morgan fingerprint density at radius 3 is 2.40 bits per heavy atom. The first kappa shape index (κ1) is 14.1. The summed E-state index contributed by atoms with van der Waals surface area (Å²) in [6.07, 6.45) is 0. The highest BCUT2D eigenvalue weighted by molar-refractivity contribution is 6.10. The molecule has 0 atom stereocenters. The van der Waals surface area contributed by atoms with Gasteiger partial charge in [0.2, 0.25) is 0 Å². The van der Waals surface area contributed by atoms with Crippen LogP contribution in [0.2, 0.25) is 0 Å². The predicted octanol–water partition coefficient (Wildman–Crippen LogP) is 3.38. The SMILES string of the molecule is COc1ccc(C(=O)c2ccc(F)c(OC)c2)c(C)c1. The molecule has 3 nitrogen and oxygen atoms in total. The zero-order valence-electron chi connectivity index (χ0n) is 11.6. The highest BCUT2D eigenvalue weighted by atomic mass is 19.1. The number of benzene rings is 2. The van der Waals surface area contributed by atoms with Crippen LogP contribution in [-0.4, -0.2) is 20.0 Å². The summed E-state index contributed by atoms with van der Waals surface area (Å²) >= 11 is 0. The lowest BCUT2D eigenvalue weighted by Crippen LogP contribution is -2.05. The van der Waals surface area contributed by atoms with Gasteiger partial charge >= 0.3 is 0 Å². The van der Waals surface area contributed by atoms with Crippen LogP contribution >= 0.6 is 0 Å². The van der Waals surface area contributed by atoms with E-state index in [9.17, 15) is 9.18 Å². The maximum absolute atomic E-state index is 13.4. The third-order valence-electron chi connectivity index (χ3n) is 3.09. The molecule has 0 saturated heterocycles. The maximum Gasteiger partial charge on any atom is 0.193 e. The van der Waals surface area contributed by atoms with E-state index in [1.807, 2.05) is 6.92 Å². The van der Waals surface area contributed by atoms with Crippen LogP contribution < -0.4 is 9.47 Å². The number of hydrogen-bond acceptors (Lipinski definition) is 3. The minimum Gasteiger partial charge on any atom is -0.497 e. The van der Waals surface area contributed by atoms with Gasteiger partial charge in [-0.05, 0) is 48.9 Å². The maximum atomic E-state index is 13.4. The first-order chi connectivity index (χ1) is 9.56. The average molecular weight is 274 g/mol. The number of ketones is 1. The second-order valence-electron chi connectivity index (χ2n) is 4.36. The zero-order chi connectivity index (χ0) is 14.7. The van der Waals surface area contributed by atoms with Gasteiger partial charge in [0.05, 0.1) is 14.2 Å². The summed E-state index contributed by atoms with van der Waals surface area (Å²) in [6.45, 7) is 1.83. The Morgan fingerprint density at radius 1 is 1.05 bits per heavy atom. The lowest BCUT2D eigenvalue weighted by molar-refractivity contribution is 0.103. The highest BCUT2D eigenvalue weighted by Gasteiger charge is 2.14. The molecule has 0 unspecified atom stereocenters. The summed E-state index contributed by atoms with van der Waals surface area (Å²) in [5.41, 5.74) is 1.74. The first-order valence-corrected chi connectivity index (χ1v) is 6.09. The van der Waals surface area contributed by atoms with E-state index >= 15 is 0 Å². The molecule has 20 heavy (non-hydrogen) atoms. The van der Waals surface area contributed by atoms with Gasteiger partial charge in [0.15, 0.2) is 17.3 Å². The van der Waals surface area contributed by atoms with Crippen molar-refractivity contribution in [1.29, 1.82) is 0 Å². The normalized spacial score (nSPS) is 10.2. The van der Waals surface area contributed by atoms with E-state index in [4.69, 9.17) is 9.47 Å². The van der Waals surface area contributed by atoms with Crippen LogP contribution in [0.4, 0.5) is 4.39 Å². The molecule has 0 aromatic heterocycles. The molecule has 0 heterocycles. The molecule has 0 aliphatic carbocycles. The largest absolute Gasteiger partial charge is 0.497 e. The molecular formula is C16H15FO3.